The topological polar surface area (TPSA) is 110 Å². The van der Waals surface area contributed by atoms with Crippen LogP contribution in [0.15, 0.2) is 0 Å². The molecule has 2 bridgehead atoms. The van der Waals surface area contributed by atoms with Crippen LogP contribution in [0.4, 0.5) is 35.1 Å². The summed E-state index contributed by atoms with van der Waals surface area (Å²) in [5.41, 5.74) is -4.91. The molecule has 188 valence electrons. The number of carbonyl (C=O) groups excluding carboxylic acids is 1. The van der Waals surface area contributed by atoms with E-state index in [1.807, 2.05) is 0 Å². The first-order chi connectivity index (χ1) is 14.3. The minimum Gasteiger partial charge on any atom is -0.462 e. The van der Waals surface area contributed by atoms with Gasteiger partial charge in [-0.2, -0.15) is 43.5 Å². The van der Waals surface area contributed by atoms with Crippen LogP contribution in [-0.2, 0) is 24.4 Å². The van der Waals surface area contributed by atoms with E-state index in [0.29, 0.717) is 0 Å². The second-order valence-corrected chi connectivity index (χ2v) is 9.55. The summed E-state index contributed by atoms with van der Waals surface area (Å²) in [6.45, 7) is -2.49. The molecule has 4 atom stereocenters. The molecule has 0 aliphatic heterocycles. The number of rotatable bonds is 9. The number of halogens is 8. The average molecular weight is 508 g/mol. The molecule has 7 nitrogen and oxygen atoms in total. The van der Waals surface area contributed by atoms with E-state index in [2.05, 4.69) is 4.74 Å². The SMILES string of the molecule is O=C(CCOCC(F)(F)S(=O)(=O)O)OC1CC2CC(CC(O)(C(F)(F)F)C(F)(F)F)C1C2. The molecular formula is C16H20F8O7S. The molecular weight excluding hydrogens is 488 g/mol. The van der Waals surface area contributed by atoms with E-state index in [9.17, 15) is 53.4 Å². The predicted octanol–water partition coefficient (Wildman–Crippen LogP) is 3.08. The van der Waals surface area contributed by atoms with Gasteiger partial charge in [-0.1, -0.05) is 0 Å². The molecule has 4 unspecified atom stereocenters. The predicted molar refractivity (Wildman–Crippen MR) is 87.8 cm³/mol. The summed E-state index contributed by atoms with van der Waals surface area (Å²) in [5, 5.41) is 4.80. The first kappa shape index (κ1) is 27.0. The largest absolute Gasteiger partial charge is 0.462 e. The fourth-order valence-corrected chi connectivity index (χ4v) is 4.45. The fraction of sp³-hybridized carbons (Fsp3) is 0.938. The quantitative estimate of drug-likeness (QED) is 0.213. The number of aliphatic hydroxyl groups is 1. The lowest BCUT2D eigenvalue weighted by atomic mass is 9.78. The Morgan fingerprint density at radius 3 is 2.00 bits per heavy atom. The van der Waals surface area contributed by atoms with E-state index in [0.717, 1.165) is 0 Å². The summed E-state index contributed by atoms with van der Waals surface area (Å²) in [6, 6.07) is 0. The van der Waals surface area contributed by atoms with Gasteiger partial charge in [-0.25, -0.2) is 0 Å². The van der Waals surface area contributed by atoms with Gasteiger partial charge in [0.15, 0.2) is 0 Å². The number of hydrogen-bond donors (Lipinski definition) is 2. The van der Waals surface area contributed by atoms with E-state index >= 15 is 0 Å². The molecule has 2 fully saturated rings. The Hall–Kier alpha value is -1.26. The van der Waals surface area contributed by atoms with Gasteiger partial charge < -0.3 is 14.6 Å². The highest BCUT2D eigenvalue weighted by Crippen LogP contribution is 2.56. The number of ether oxygens (including phenoxy) is 2. The fourth-order valence-electron chi connectivity index (χ4n) is 4.22. The Kier molecular flexibility index (Phi) is 7.45. The van der Waals surface area contributed by atoms with E-state index in [1.165, 1.54) is 0 Å². The van der Waals surface area contributed by atoms with Gasteiger partial charge in [0.2, 0.25) is 0 Å². The normalized spacial score (nSPS) is 27.1. The van der Waals surface area contributed by atoms with E-state index in [4.69, 9.17) is 9.29 Å². The number of fused-ring (bicyclic) bond motifs is 2. The zero-order chi connectivity index (χ0) is 24.8. The summed E-state index contributed by atoms with van der Waals surface area (Å²) in [7, 11) is -5.72. The molecule has 2 saturated carbocycles. The molecule has 2 rings (SSSR count). The lowest BCUT2D eigenvalue weighted by molar-refractivity contribution is -0.373. The highest BCUT2D eigenvalue weighted by Gasteiger charge is 2.71. The Bertz CT molecular complexity index is 781. The summed E-state index contributed by atoms with van der Waals surface area (Å²) < 4.78 is 142. The molecule has 0 amide bonds. The molecule has 2 N–H and O–H groups in total. The second kappa shape index (κ2) is 8.83. The van der Waals surface area contributed by atoms with Gasteiger partial charge in [0.1, 0.15) is 12.7 Å². The standard InChI is InChI=1S/C16H20F8O7S/c17-14(18,32(27,28)29)7-30-2-1-12(25)31-11-5-8-3-9(10(11)4-8)6-13(26,15(19,20)21)16(22,23)24/h8-11,26H,1-7H2,(H,27,28,29). The number of hydrogen-bond acceptors (Lipinski definition) is 6. The van der Waals surface area contributed by atoms with Crippen LogP contribution in [0.1, 0.15) is 32.1 Å². The smallest absolute Gasteiger partial charge is 0.426 e. The first-order valence-electron chi connectivity index (χ1n) is 9.26. The molecule has 0 spiro atoms. The molecule has 0 heterocycles. The third kappa shape index (κ3) is 5.62. The van der Waals surface area contributed by atoms with E-state index in [1.54, 1.807) is 0 Å². The van der Waals surface area contributed by atoms with Crippen molar-refractivity contribution in [3.63, 3.8) is 0 Å². The number of carbonyl (C=O) groups is 1. The van der Waals surface area contributed by atoms with Crippen molar-refractivity contribution < 1.29 is 67.5 Å². The van der Waals surface area contributed by atoms with Gasteiger partial charge in [-0.3, -0.25) is 9.35 Å². The van der Waals surface area contributed by atoms with Gasteiger partial charge >= 0.3 is 33.7 Å². The second-order valence-electron chi connectivity index (χ2n) is 8.00. The summed E-state index contributed by atoms with van der Waals surface area (Å²) in [4.78, 5) is 11.8. The molecule has 32 heavy (non-hydrogen) atoms. The monoisotopic (exact) mass is 508 g/mol. The van der Waals surface area contributed by atoms with Crippen molar-refractivity contribution >= 4 is 16.1 Å². The maximum atomic E-state index is 13.0. The maximum Gasteiger partial charge on any atom is 0.426 e. The third-order valence-corrected chi connectivity index (χ3v) is 6.64. The molecule has 2 aliphatic rings. The van der Waals surface area contributed by atoms with Gasteiger partial charge in [0.05, 0.1) is 13.0 Å². The van der Waals surface area contributed by atoms with E-state index < -0.39 is 83.3 Å². The molecule has 0 saturated heterocycles. The zero-order valence-corrected chi connectivity index (χ0v) is 16.9. The summed E-state index contributed by atoms with van der Waals surface area (Å²) in [5.74, 6) is -3.42. The molecule has 0 aromatic heterocycles. The summed E-state index contributed by atoms with van der Waals surface area (Å²) in [6.07, 6.45) is -14.9. The maximum absolute atomic E-state index is 13.0. The van der Waals surface area contributed by atoms with E-state index in [-0.39, 0.29) is 25.2 Å². The lowest BCUT2D eigenvalue weighted by Gasteiger charge is -2.38. The van der Waals surface area contributed by atoms with Crippen LogP contribution in [0.3, 0.4) is 0 Å². The van der Waals surface area contributed by atoms with Crippen molar-refractivity contribution in [2.24, 2.45) is 17.8 Å². The van der Waals surface area contributed by atoms with Gasteiger partial charge in [-0.15, -0.1) is 0 Å². The third-order valence-electron chi connectivity index (χ3n) is 5.77. The van der Waals surface area contributed by atoms with Crippen LogP contribution in [0.2, 0.25) is 0 Å². The van der Waals surface area contributed by atoms with Crippen molar-refractivity contribution in [1.82, 2.24) is 0 Å². The molecule has 16 heteroatoms. The van der Waals surface area contributed by atoms with Crippen molar-refractivity contribution in [1.29, 1.82) is 0 Å². The number of esters is 1. The van der Waals surface area contributed by atoms with Crippen LogP contribution < -0.4 is 0 Å². The van der Waals surface area contributed by atoms with Gasteiger partial charge in [0, 0.05) is 0 Å². The van der Waals surface area contributed by atoms with Crippen molar-refractivity contribution in [2.45, 2.75) is 61.4 Å². The average Bonchev–Trinajstić information content (AvgIpc) is 3.15. The Balaban J connectivity index is 1.91. The van der Waals surface area contributed by atoms with Gasteiger partial charge in [0.25, 0.3) is 5.60 Å². The van der Waals surface area contributed by atoms with Crippen LogP contribution >= 0.6 is 0 Å². The van der Waals surface area contributed by atoms with Crippen LogP contribution in [-0.4, -0.2) is 66.6 Å². The van der Waals surface area contributed by atoms with Crippen molar-refractivity contribution in [2.75, 3.05) is 13.2 Å². The van der Waals surface area contributed by atoms with Crippen LogP contribution in [0, 0.1) is 17.8 Å². The molecule has 0 radical (unpaired) electrons. The molecule has 0 aromatic rings. The number of alkyl halides is 8. The molecule has 0 aromatic carbocycles. The van der Waals surface area contributed by atoms with Crippen LogP contribution in [0.25, 0.3) is 0 Å². The minimum atomic E-state index is -5.96. The zero-order valence-electron chi connectivity index (χ0n) is 16.1. The highest BCUT2D eigenvalue weighted by atomic mass is 32.2. The van der Waals surface area contributed by atoms with Crippen molar-refractivity contribution in [3.05, 3.63) is 0 Å². The van der Waals surface area contributed by atoms with Gasteiger partial charge in [-0.05, 0) is 43.4 Å². The highest BCUT2D eigenvalue weighted by molar-refractivity contribution is 7.86. The van der Waals surface area contributed by atoms with Crippen molar-refractivity contribution in [3.8, 4) is 0 Å². The summed E-state index contributed by atoms with van der Waals surface area (Å²) >= 11 is 0. The Morgan fingerprint density at radius 2 is 1.53 bits per heavy atom. The Labute approximate surface area is 176 Å². The lowest BCUT2D eigenvalue weighted by Crippen LogP contribution is -2.58. The minimum absolute atomic E-state index is 0.0129. The van der Waals surface area contributed by atoms with Crippen LogP contribution in [0.5, 0.6) is 0 Å². The molecule has 2 aliphatic carbocycles. The first-order valence-corrected chi connectivity index (χ1v) is 10.7. The Morgan fingerprint density at radius 1 is 0.969 bits per heavy atom.